The average Bonchev–Trinajstić information content (AvgIpc) is 2.69. The zero-order valence-electron chi connectivity index (χ0n) is 12.6. The Hall–Kier alpha value is -0.740. The molecule has 0 aromatic heterocycles. The molecule has 8 nitrogen and oxygen atoms in total. The summed E-state index contributed by atoms with van der Waals surface area (Å²) in [4.78, 5) is 13.9. The fraction of sp³-hybridized carbons (Fsp3) is 0.917. The van der Waals surface area contributed by atoms with Gasteiger partial charge >= 0.3 is 0 Å². The van der Waals surface area contributed by atoms with Gasteiger partial charge in [0.1, 0.15) is 0 Å². The molecule has 0 aromatic rings. The van der Waals surface area contributed by atoms with E-state index in [2.05, 4.69) is 5.32 Å². The average molecular weight is 320 g/mol. The van der Waals surface area contributed by atoms with E-state index < -0.39 is 10.2 Å². The molecule has 2 fully saturated rings. The molecule has 9 heteroatoms. The molecule has 2 rings (SSSR count). The predicted molar refractivity (Wildman–Crippen MR) is 77.9 cm³/mol. The summed E-state index contributed by atoms with van der Waals surface area (Å²) in [7, 11) is -0.0455. The summed E-state index contributed by atoms with van der Waals surface area (Å²) in [5.41, 5.74) is 0. The van der Waals surface area contributed by atoms with Crippen LogP contribution in [0.25, 0.3) is 0 Å². The minimum Gasteiger partial charge on any atom is -0.379 e. The van der Waals surface area contributed by atoms with Crippen molar-refractivity contribution in [2.24, 2.45) is 5.92 Å². The van der Waals surface area contributed by atoms with E-state index in [-0.39, 0.29) is 18.4 Å². The number of rotatable bonds is 3. The second-order valence-electron chi connectivity index (χ2n) is 5.45. The molecule has 0 saturated carbocycles. The Morgan fingerprint density at radius 3 is 2.38 bits per heavy atom. The van der Waals surface area contributed by atoms with Crippen LogP contribution in [0.3, 0.4) is 0 Å². The van der Waals surface area contributed by atoms with Crippen molar-refractivity contribution >= 4 is 16.1 Å². The summed E-state index contributed by atoms with van der Waals surface area (Å²) in [6.07, 6.45) is 0. The highest BCUT2D eigenvalue weighted by molar-refractivity contribution is 7.86. The lowest BCUT2D eigenvalue weighted by atomic mass is 10.1. The molecule has 1 atom stereocenters. The second kappa shape index (κ2) is 7.01. The Balaban J connectivity index is 2.14. The lowest BCUT2D eigenvalue weighted by molar-refractivity contribution is -0.124. The summed E-state index contributed by atoms with van der Waals surface area (Å²) < 4.78 is 33.5. The number of hydrogen-bond donors (Lipinski definition) is 1. The largest absolute Gasteiger partial charge is 0.379 e. The number of nitrogens with zero attached hydrogens (tertiary/aromatic N) is 3. The molecule has 122 valence electrons. The number of carbonyl (C=O) groups is 1. The van der Waals surface area contributed by atoms with Gasteiger partial charge in [-0.2, -0.15) is 17.0 Å². The van der Waals surface area contributed by atoms with Gasteiger partial charge in [0, 0.05) is 46.3 Å². The van der Waals surface area contributed by atoms with E-state index in [0.717, 1.165) is 0 Å². The summed E-state index contributed by atoms with van der Waals surface area (Å²) in [6, 6.07) is 0. The first-order valence-electron chi connectivity index (χ1n) is 7.18. The number of carbonyl (C=O) groups excluding carboxylic acids is 1. The van der Waals surface area contributed by atoms with Gasteiger partial charge in [0.2, 0.25) is 5.91 Å². The van der Waals surface area contributed by atoms with Gasteiger partial charge in [0.15, 0.2) is 0 Å². The van der Waals surface area contributed by atoms with E-state index >= 15 is 0 Å². The van der Waals surface area contributed by atoms with Crippen LogP contribution >= 0.6 is 0 Å². The van der Waals surface area contributed by atoms with Crippen LogP contribution in [0.4, 0.5) is 0 Å². The molecule has 0 spiro atoms. The topological polar surface area (TPSA) is 82.2 Å². The predicted octanol–water partition coefficient (Wildman–Crippen LogP) is -1.83. The van der Waals surface area contributed by atoms with Gasteiger partial charge in [-0.05, 0) is 7.05 Å². The highest BCUT2D eigenvalue weighted by Crippen LogP contribution is 2.16. The third-order valence-corrected chi connectivity index (χ3v) is 5.93. The molecule has 0 unspecified atom stereocenters. The van der Waals surface area contributed by atoms with E-state index in [0.29, 0.717) is 45.9 Å². The first kappa shape index (κ1) is 16.6. The Labute approximate surface area is 126 Å². The smallest absolute Gasteiger partial charge is 0.282 e. The van der Waals surface area contributed by atoms with Crippen molar-refractivity contribution in [2.75, 3.05) is 66.6 Å². The Bertz CT molecular complexity index is 464. The van der Waals surface area contributed by atoms with Crippen molar-refractivity contribution in [3.8, 4) is 0 Å². The first-order valence-corrected chi connectivity index (χ1v) is 8.58. The van der Waals surface area contributed by atoms with Gasteiger partial charge in [-0.15, -0.1) is 0 Å². The van der Waals surface area contributed by atoms with Crippen LogP contribution in [0.5, 0.6) is 0 Å². The summed E-state index contributed by atoms with van der Waals surface area (Å²) in [5.74, 6) is -0.468. The third kappa shape index (κ3) is 3.92. The number of hydrogen-bond acceptors (Lipinski definition) is 5. The molecule has 2 heterocycles. The summed E-state index contributed by atoms with van der Waals surface area (Å²) >= 11 is 0. The molecule has 2 saturated heterocycles. The van der Waals surface area contributed by atoms with Crippen molar-refractivity contribution in [1.82, 2.24) is 18.8 Å². The molecule has 0 aliphatic carbocycles. The number of morpholine rings is 1. The molecule has 1 amide bonds. The second-order valence-corrected chi connectivity index (χ2v) is 7.38. The van der Waals surface area contributed by atoms with Gasteiger partial charge in [-0.3, -0.25) is 4.79 Å². The van der Waals surface area contributed by atoms with Crippen molar-refractivity contribution < 1.29 is 17.9 Å². The number of ether oxygens (including phenoxy) is 1. The maximum atomic E-state index is 12.7. The molecule has 2 aliphatic rings. The Kier molecular flexibility index (Phi) is 5.55. The summed E-state index contributed by atoms with van der Waals surface area (Å²) in [5, 5.41) is 2.61. The fourth-order valence-electron chi connectivity index (χ4n) is 2.66. The maximum absolute atomic E-state index is 12.7. The van der Waals surface area contributed by atoms with Crippen LogP contribution in [0.1, 0.15) is 0 Å². The highest BCUT2D eigenvalue weighted by atomic mass is 32.2. The van der Waals surface area contributed by atoms with Gasteiger partial charge in [-0.1, -0.05) is 0 Å². The monoisotopic (exact) mass is 320 g/mol. The van der Waals surface area contributed by atoms with E-state index in [9.17, 15) is 13.2 Å². The molecular weight excluding hydrogens is 296 g/mol. The molecule has 0 bridgehead atoms. The van der Waals surface area contributed by atoms with Crippen molar-refractivity contribution in [2.45, 2.75) is 0 Å². The van der Waals surface area contributed by atoms with E-state index in [1.54, 1.807) is 7.05 Å². The summed E-state index contributed by atoms with van der Waals surface area (Å²) in [6.45, 7) is 3.41. The van der Waals surface area contributed by atoms with Crippen molar-refractivity contribution in [3.63, 3.8) is 0 Å². The number of amides is 1. The van der Waals surface area contributed by atoms with Crippen LogP contribution in [0, 0.1) is 5.92 Å². The minimum absolute atomic E-state index is 0.120. The normalized spacial score (nSPS) is 27.2. The molecule has 2 aliphatic heterocycles. The van der Waals surface area contributed by atoms with Crippen molar-refractivity contribution in [3.05, 3.63) is 0 Å². The SMILES string of the molecule is CNC(=O)[C@@H]1CN(C)CCN(S(=O)(=O)N2CCOCC2)C1. The lowest BCUT2D eigenvalue weighted by Crippen LogP contribution is -2.51. The van der Waals surface area contributed by atoms with Crippen LogP contribution in [-0.4, -0.2) is 94.4 Å². The highest BCUT2D eigenvalue weighted by Gasteiger charge is 2.36. The molecule has 21 heavy (non-hydrogen) atoms. The van der Waals surface area contributed by atoms with E-state index in [1.807, 2.05) is 11.9 Å². The van der Waals surface area contributed by atoms with Gasteiger partial charge in [-0.25, -0.2) is 0 Å². The Morgan fingerprint density at radius 2 is 1.76 bits per heavy atom. The lowest BCUT2D eigenvalue weighted by Gasteiger charge is -2.32. The van der Waals surface area contributed by atoms with Gasteiger partial charge < -0.3 is 15.0 Å². The van der Waals surface area contributed by atoms with Crippen molar-refractivity contribution in [1.29, 1.82) is 0 Å². The standard InChI is InChI=1S/C12H24N4O4S/c1-13-12(17)11-9-14(2)3-4-16(10-11)21(18,19)15-5-7-20-8-6-15/h11H,3-10H2,1-2H3,(H,13,17)/t11-/m1/s1. The van der Waals surface area contributed by atoms with Gasteiger partial charge in [0.05, 0.1) is 19.1 Å². The molecule has 0 aromatic carbocycles. The van der Waals surface area contributed by atoms with Gasteiger partial charge in [0.25, 0.3) is 10.2 Å². The zero-order chi connectivity index (χ0) is 15.5. The van der Waals surface area contributed by atoms with Crippen LogP contribution in [0.15, 0.2) is 0 Å². The third-order valence-electron chi connectivity index (χ3n) is 3.93. The molecular formula is C12H24N4O4S. The Morgan fingerprint density at radius 1 is 1.10 bits per heavy atom. The van der Waals surface area contributed by atoms with E-state index in [4.69, 9.17) is 4.74 Å². The first-order chi connectivity index (χ1) is 9.95. The molecule has 0 radical (unpaired) electrons. The zero-order valence-corrected chi connectivity index (χ0v) is 13.4. The number of likely N-dealkylation sites (N-methyl/N-ethyl adjacent to an activating group) is 1. The van der Waals surface area contributed by atoms with E-state index in [1.165, 1.54) is 8.61 Å². The maximum Gasteiger partial charge on any atom is 0.282 e. The molecule has 1 N–H and O–H groups in total. The van der Waals surface area contributed by atoms with Crippen LogP contribution in [0.2, 0.25) is 0 Å². The van der Waals surface area contributed by atoms with Crippen LogP contribution in [-0.2, 0) is 19.7 Å². The number of nitrogens with one attached hydrogen (secondary N) is 1. The minimum atomic E-state index is -3.53. The van der Waals surface area contributed by atoms with Crippen LogP contribution < -0.4 is 5.32 Å². The quantitative estimate of drug-likeness (QED) is 0.662. The fourth-order valence-corrected chi connectivity index (χ4v) is 4.28.